The number of hydrogen-bond donors (Lipinski definition) is 0. The molecule has 5 rings (SSSR count). The Kier molecular flexibility index (Phi) is 9.31. The highest BCUT2D eigenvalue weighted by Gasteiger charge is 2.38. The number of likely N-dealkylation sites (N-methyl/N-ethyl adjacent to an activating group) is 1. The number of ether oxygens (including phenoxy) is 2. The molecule has 0 aliphatic carbocycles. The first-order valence-corrected chi connectivity index (χ1v) is 14.8. The van der Waals surface area contributed by atoms with Crippen LogP contribution in [0, 0.1) is 0 Å². The minimum Gasteiger partial charge on any atom is -0.477 e. The predicted octanol–water partition coefficient (Wildman–Crippen LogP) is 6.04. The Balaban J connectivity index is 1.45. The van der Waals surface area contributed by atoms with Crippen molar-refractivity contribution >= 4 is 23.2 Å². The summed E-state index contributed by atoms with van der Waals surface area (Å²) in [5.74, 6) is 0.288. The van der Waals surface area contributed by atoms with E-state index in [-0.39, 0.29) is 30.3 Å². The molecule has 4 heterocycles. The summed E-state index contributed by atoms with van der Waals surface area (Å²) in [5, 5.41) is -0.0725. The number of likely N-dealkylation sites (tertiary alicyclic amines) is 1. The number of amides is 1. The van der Waals surface area contributed by atoms with Crippen molar-refractivity contribution in [2.45, 2.75) is 45.0 Å². The third kappa shape index (κ3) is 6.83. The normalized spacial score (nSPS) is 19.5. The molecule has 230 valence electrons. The van der Waals surface area contributed by atoms with E-state index in [0.717, 1.165) is 42.9 Å². The molecule has 0 N–H and O–H groups in total. The fourth-order valence-electron chi connectivity index (χ4n) is 5.69. The van der Waals surface area contributed by atoms with E-state index in [1.54, 1.807) is 6.20 Å². The van der Waals surface area contributed by atoms with Crippen molar-refractivity contribution in [3.05, 3.63) is 64.8 Å². The molecule has 1 amide bonds. The molecule has 2 aromatic heterocycles. The fourth-order valence-corrected chi connectivity index (χ4v) is 5.86. The fraction of sp³-hybridized carbons (Fsp3) is 0.452. The van der Waals surface area contributed by atoms with Crippen molar-refractivity contribution in [3.8, 4) is 23.0 Å². The zero-order chi connectivity index (χ0) is 30.7. The second kappa shape index (κ2) is 13.0. The number of alkyl halides is 3. The second-order valence-electron chi connectivity index (χ2n) is 10.8. The maximum atomic E-state index is 13.8. The van der Waals surface area contributed by atoms with E-state index in [2.05, 4.69) is 14.8 Å². The smallest absolute Gasteiger partial charge is 0.417 e. The van der Waals surface area contributed by atoms with Gasteiger partial charge in [-0.1, -0.05) is 18.5 Å². The number of nitrogens with zero attached hydrogens (tertiary/aromatic N) is 5. The van der Waals surface area contributed by atoms with E-state index in [4.69, 9.17) is 26.1 Å². The first-order chi connectivity index (χ1) is 20.6. The van der Waals surface area contributed by atoms with Crippen LogP contribution in [0.15, 0.2) is 48.7 Å². The Hall–Kier alpha value is -3.57. The Morgan fingerprint density at radius 1 is 1.07 bits per heavy atom. The molecule has 8 nitrogen and oxygen atoms in total. The molecule has 0 unspecified atom stereocenters. The first kappa shape index (κ1) is 30.9. The molecular formula is C31H35ClF3N5O3. The second-order valence-corrected chi connectivity index (χ2v) is 11.2. The third-order valence-electron chi connectivity index (χ3n) is 7.86. The largest absolute Gasteiger partial charge is 0.477 e. The van der Waals surface area contributed by atoms with Gasteiger partial charge in [-0.05, 0) is 69.3 Å². The number of halogens is 4. The number of carbonyl (C=O) groups excluding carboxylic acids is 1. The summed E-state index contributed by atoms with van der Waals surface area (Å²) < 4.78 is 53.6. The summed E-state index contributed by atoms with van der Waals surface area (Å²) in [6, 6.07) is 10.7. The van der Waals surface area contributed by atoms with E-state index in [1.807, 2.05) is 45.2 Å². The number of anilines is 1. The number of carbonyl (C=O) groups is 1. The molecule has 2 aliphatic heterocycles. The molecule has 12 heteroatoms. The number of hydrogen-bond acceptors (Lipinski definition) is 7. The predicted molar refractivity (Wildman–Crippen MR) is 159 cm³/mol. The molecule has 0 bridgehead atoms. The van der Waals surface area contributed by atoms with Gasteiger partial charge in [-0.25, -0.2) is 9.97 Å². The van der Waals surface area contributed by atoms with Gasteiger partial charge in [0.25, 0.3) is 5.91 Å². The van der Waals surface area contributed by atoms with Crippen molar-refractivity contribution in [3.63, 3.8) is 0 Å². The summed E-state index contributed by atoms with van der Waals surface area (Å²) in [5.41, 5.74) is 0.754. The van der Waals surface area contributed by atoms with Crippen LogP contribution in [0.1, 0.15) is 42.6 Å². The number of rotatable bonds is 8. The molecular weight excluding hydrogens is 583 g/mol. The van der Waals surface area contributed by atoms with Crippen LogP contribution < -0.4 is 14.4 Å². The molecule has 2 saturated heterocycles. The summed E-state index contributed by atoms with van der Waals surface area (Å²) in [6.45, 7) is 6.92. The minimum absolute atomic E-state index is 0.0413. The molecule has 2 fully saturated rings. The maximum absolute atomic E-state index is 13.8. The molecule has 0 saturated carbocycles. The van der Waals surface area contributed by atoms with Crippen molar-refractivity contribution < 1.29 is 27.4 Å². The van der Waals surface area contributed by atoms with Crippen LogP contribution in [0.5, 0.6) is 11.8 Å². The van der Waals surface area contributed by atoms with Gasteiger partial charge in [0.15, 0.2) is 0 Å². The van der Waals surface area contributed by atoms with Crippen molar-refractivity contribution in [2.75, 3.05) is 51.3 Å². The van der Waals surface area contributed by atoms with Crippen molar-refractivity contribution in [2.24, 2.45) is 0 Å². The molecule has 2 aliphatic rings. The zero-order valence-electron chi connectivity index (χ0n) is 24.4. The van der Waals surface area contributed by atoms with Crippen LogP contribution in [0.3, 0.4) is 0 Å². The maximum Gasteiger partial charge on any atom is 0.417 e. The Labute approximate surface area is 254 Å². The topological polar surface area (TPSA) is 71.0 Å². The van der Waals surface area contributed by atoms with E-state index in [1.165, 1.54) is 11.0 Å². The quantitative estimate of drug-likeness (QED) is 0.305. The van der Waals surface area contributed by atoms with Crippen LogP contribution in [0.25, 0.3) is 11.3 Å². The highest BCUT2D eigenvalue weighted by atomic mass is 35.5. The lowest BCUT2D eigenvalue weighted by molar-refractivity contribution is -0.138. The standard InChI is InChI=1S/C31H35ClF3N5O3/c1-4-21-18-39(30(41)23-9-8-20(32)17-25(23)31(33,34)35)15-16-40(21)27-11-10-26(24-7-6-13-36-28(24)42-5-2)37-29(27)43-22-12-14-38(3)19-22/h6-11,13,17,21-22H,4-5,12,14-16,18-19H2,1-3H3/t21-,22-/m1/s1. The number of pyridine rings is 2. The monoisotopic (exact) mass is 617 g/mol. The van der Waals surface area contributed by atoms with Gasteiger partial charge in [-0.15, -0.1) is 0 Å². The van der Waals surface area contributed by atoms with Gasteiger partial charge in [-0.3, -0.25) is 4.79 Å². The molecule has 2 atom stereocenters. The molecule has 3 aromatic rings. The minimum atomic E-state index is -4.70. The van der Waals surface area contributed by atoms with E-state index >= 15 is 0 Å². The summed E-state index contributed by atoms with van der Waals surface area (Å²) in [4.78, 5) is 28.6. The Morgan fingerprint density at radius 3 is 2.58 bits per heavy atom. The molecule has 43 heavy (non-hydrogen) atoms. The Morgan fingerprint density at radius 2 is 1.88 bits per heavy atom. The van der Waals surface area contributed by atoms with Crippen molar-refractivity contribution in [1.29, 1.82) is 0 Å². The van der Waals surface area contributed by atoms with Crippen LogP contribution in [-0.2, 0) is 6.18 Å². The first-order valence-electron chi connectivity index (χ1n) is 14.5. The van der Waals surface area contributed by atoms with Gasteiger partial charge in [-0.2, -0.15) is 13.2 Å². The highest BCUT2D eigenvalue weighted by Crippen LogP contribution is 2.38. The van der Waals surface area contributed by atoms with E-state index in [9.17, 15) is 18.0 Å². The number of piperazine rings is 1. The van der Waals surface area contributed by atoms with Gasteiger partial charge >= 0.3 is 6.18 Å². The summed E-state index contributed by atoms with van der Waals surface area (Å²) in [7, 11) is 2.05. The van der Waals surface area contributed by atoms with Crippen LogP contribution in [0.2, 0.25) is 5.02 Å². The van der Waals surface area contributed by atoms with Crippen LogP contribution in [0.4, 0.5) is 18.9 Å². The van der Waals surface area contributed by atoms with Gasteiger partial charge in [0, 0.05) is 50.0 Å². The van der Waals surface area contributed by atoms with Gasteiger partial charge in [0.1, 0.15) is 11.8 Å². The summed E-state index contributed by atoms with van der Waals surface area (Å²) in [6.07, 6.45) is -1.56. The number of aromatic nitrogens is 2. The molecule has 0 radical (unpaired) electrons. The molecule has 1 aromatic carbocycles. The van der Waals surface area contributed by atoms with Gasteiger partial charge in [0.05, 0.1) is 29.0 Å². The van der Waals surface area contributed by atoms with E-state index in [0.29, 0.717) is 37.0 Å². The van der Waals surface area contributed by atoms with Gasteiger partial charge in [0.2, 0.25) is 11.8 Å². The van der Waals surface area contributed by atoms with Crippen LogP contribution in [-0.4, -0.2) is 84.2 Å². The van der Waals surface area contributed by atoms with E-state index < -0.39 is 23.2 Å². The highest BCUT2D eigenvalue weighted by molar-refractivity contribution is 6.30. The van der Waals surface area contributed by atoms with Crippen molar-refractivity contribution in [1.82, 2.24) is 19.8 Å². The lowest BCUT2D eigenvalue weighted by atomic mass is 10.0. The van der Waals surface area contributed by atoms with Gasteiger partial charge < -0.3 is 24.2 Å². The SMILES string of the molecule is CCOc1ncccc1-c1ccc(N2CCN(C(=O)c3ccc(Cl)cc3C(F)(F)F)C[C@H]2CC)c(O[C@@H]2CCN(C)C2)n1. The summed E-state index contributed by atoms with van der Waals surface area (Å²) >= 11 is 5.84. The Bertz CT molecular complexity index is 1460. The average molecular weight is 618 g/mol. The lowest BCUT2D eigenvalue weighted by Crippen LogP contribution is -2.55. The average Bonchev–Trinajstić information content (AvgIpc) is 3.40. The van der Waals surface area contributed by atoms with Crippen LogP contribution >= 0.6 is 11.6 Å². The molecule has 0 spiro atoms. The lowest BCUT2D eigenvalue weighted by Gasteiger charge is -2.43. The number of benzene rings is 1. The zero-order valence-corrected chi connectivity index (χ0v) is 25.2. The third-order valence-corrected chi connectivity index (χ3v) is 8.10.